The average Bonchev–Trinajstić information content (AvgIpc) is 2.45. The molecule has 0 saturated heterocycles. The Kier molecular flexibility index (Phi) is 4.08. The summed E-state index contributed by atoms with van der Waals surface area (Å²) in [5.41, 5.74) is -0.305. The number of hydrogen-bond donors (Lipinski definition) is 1. The Bertz CT molecular complexity index is 700. The van der Waals surface area contributed by atoms with E-state index in [0.717, 1.165) is 0 Å². The summed E-state index contributed by atoms with van der Waals surface area (Å²) in [7, 11) is 0. The Hall–Kier alpha value is -2.55. The van der Waals surface area contributed by atoms with Gasteiger partial charge in [-0.05, 0) is 57.9 Å². The summed E-state index contributed by atoms with van der Waals surface area (Å²) < 4.78 is 5.40. The zero-order valence-corrected chi connectivity index (χ0v) is 13.7. The number of amides is 1. The largest absolute Gasteiger partial charge is 0.478 e. The van der Waals surface area contributed by atoms with E-state index in [1.807, 2.05) is 0 Å². The minimum absolute atomic E-state index is 0.0938. The molecule has 1 aromatic rings. The highest BCUT2D eigenvalue weighted by Gasteiger charge is 2.39. The third-order valence-corrected chi connectivity index (χ3v) is 3.82. The van der Waals surface area contributed by atoms with Crippen LogP contribution in [0.2, 0.25) is 0 Å². The second-order valence-electron chi connectivity index (χ2n) is 6.86. The van der Waals surface area contributed by atoms with Crippen molar-refractivity contribution < 1.29 is 19.4 Å². The molecule has 2 rings (SSSR count). The molecule has 0 fully saturated rings. The predicted octanol–water partition coefficient (Wildman–Crippen LogP) is 3.31. The standard InChI is InChI=1S/C17H20N2O4/c1-16(2,3)23-15(22)19-8-7-17(4,10-18)12-9-11(14(20)21)5-6-13(12)19/h5-6,9H,7-8H2,1-4H3,(H,20,21). The number of carbonyl (C=O) groups is 2. The van der Waals surface area contributed by atoms with Crippen molar-refractivity contribution in [2.24, 2.45) is 0 Å². The molecule has 122 valence electrons. The van der Waals surface area contributed by atoms with Gasteiger partial charge in [-0.2, -0.15) is 5.26 Å². The summed E-state index contributed by atoms with van der Waals surface area (Å²) in [6.07, 6.45) is -0.0828. The summed E-state index contributed by atoms with van der Waals surface area (Å²) in [5.74, 6) is -1.07. The molecule has 0 radical (unpaired) electrons. The fourth-order valence-electron chi connectivity index (χ4n) is 2.56. The number of carbonyl (C=O) groups excluding carboxylic acids is 1. The molecule has 23 heavy (non-hydrogen) atoms. The number of benzene rings is 1. The summed E-state index contributed by atoms with van der Waals surface area (Å²) >= 11 is 0. The van der Waals surface area contributed by atoms with Crippen LogP contribution in [0.25, 0.3) is 0 Å². The number of nitrogens with zero attached hydrogens (tertiary/aromatic N) is 2. The Labute approximate surface area is 135 Å². The number of carboxylic acids is 1. The first-order chi connectivity index (χ1) is 10.6. The normalized spacial score (nSPS) is 20.4. The van der Waals surface area contributed by atoms with Crippen LogP contribution in [0, 0.1) is 11.3 Å². The van der Waals surface area contributed by atoms with Crippen molar-refractivity contribution >= 4 is 17.7 Å². The molecule has 6 nitrogen and oxygen atoms in total. The smallest absolute Gasteiger partial charge is 0.414 e. The van der Waals surface area contributed by atoms with Gasteiger partial charge in [0.1, 0.15) is 5.60 Å². The van der Waals surface area contributed by atoms with Crippen molar-refractivity contribution in [2.45, 2.75) is 45.1 Å². The first-order valence-corrected chi connectivity index (χ1v) is 7.37. The highest BCUT2D eigenvalue weighted by Crippen LogP contribution is 2.40. The lowest BCUT2D eigenvalue weighted by atomic mass is 9.76. The Morgan fingerprint density at radius 3 is 2.57 bits per heavy atom. The summed E-state index contributed by atoms with van der Waals surface area (Å²) in [6, 6.07) is 6.71. The van der Waals surface area contributed by atoms with Crippen LogP contribution in [0.15, 0.2) is 18.2 Å². The minimum Gasteiger partial charge on any atom is -0.478 e. The van der Waals surface area contributed by atoms with Crippen LogP contribution in [0.5, 0.6) is 0 Å². The fourth-order valence-corrected chi connectivity index (χ4v) is 2.56. The Morgan fingerprint density at radius 2 is 2.04 bits per heavy atom. The SMILES string of the molecule is CC(C)(C)OC(=O)N1CCC(C)(C#N)c2cc(C(=O)O)ccc21. The molecule has 1 heterocycles. The van der Waals surface area contributed by atoms with E-state index in [-0.39, 0.29) is 5.56 Å². The summed E-state index contributed by atoms with van der Waals surface area (Å²) in [6.45, 7) is 7.44. The van der Waals surface area contributed by atoms with E-state index in [0.29, 0.717) is 24.2 Å². The molecule has 0 saturated carbocycles. The molecule has 1 amide bonds. The van der Waals surface area contributed by atoms with Gasteiger partial charge in [0.25, 0.3) is 0 Å². The van der Waals surface area contributed by atoms with E-state index in [9.17, 15) is 14.9 Å². The number of nitriles is 1. The molecule has 1 aliphatic heterocycles. The molecule has 1 unspecified atom stereocenters. The van der Waals surface area contributed by atoms with E-state index in [1.54, 1.807) is 33.8 Å². The quantitative estimate of drug-likeness (QED) is 0.858. The van der Waals surface area contributed by atoms with Crippen molar-refractivity contribution in [3.63, 3.8) is 0 Å². The number of hydrogen-bond acceptors (Lipinski definition) is 4. The van der Waals surface area contributed by atoms with Gasteiger partial charge < -0.3 is 9.84 Å². The molecule has 0 bridgehead atoms. The second kappa shape index (κ2) is 5.58. The third kappa shape index (κ3) is 3.29. The predicted molar refractivity (Wildman–Crippen MR) is 84.6 cm³/mol. The highest BCUT2D eigenvalue weighted by atomic mass is 16.6. The number of ether oxygens (including phenoxy) is 1. The van der Waals surface area contributed by atoms with E-state index < -0.39 is 23.1 Å². The van der Waals surface area contributed by atoms with Gasteiger partial charge in [-0.15, -0.1) is 0 Å². The van der Waals surface area contributed by atoms with Crippen LogP contribution in [-0.2, 0) is 10.2 Å². The molecular formula is C17H20N2O4. The van der Waals surface area contributed by atoms with Gasteiger partial charge in [0.15, 0.2) is 0 Å². The fraction of sp³-hybridized carbons (Fsp3) is 0.471. The van der Waals surface area contributed by atoms with Crippen molar-refractivity contribution in [3.8, 4) is 6.07 Å². The van der Waals surface area contributed by atoms with Crippen LogP contribution < -0.4 is 4.90 Å². The molecule has 1 aromatic carbocycles. The first kappa shape index (κ1) is 16.8. The van der Waals surface area contributed by atoms with Crippen molar-refractivity contribution in [3.05, 3.63) is 29.3 Å². The number of carboxylic acid groups (broad SMARTS) is 1. The molecule has 0 aromatic heterocycles. The zero-order chi connectivity index (χ0) is 17.4. The van der Waals surface area contributed by atoms with Gasteiger partial charge in [0.05, 0.1) is 22.7 Å². The van der Waals surface area contributed by atoms with E-state index in [2.05, 4.69) is 6.07 Å². The lowest BCUT2D eigenvalue weighted by molar-refractivity contribution is 0.0575. The molecule has 1 N–H and O–H groups in total. The third-order valence-electron chi connectivity index (χ3n) is 3.82. The van der Waals surface area contributed by atoms with Crippen LogP contribution in [0.4, 0.5) is 10.5 Å². The van der Waals surface area contributed by atoms with Crippen LogP contribution in [-0.4, -0.2) is 29.3 Å². The topological polar surface area (TPSA) is 90.6 Å². The number of aromatic carboxylic acids is 1. The van der Waals surface area contributed by atoms with Crippen LogP contribution in [0.1, 0.15) is 50.0 Å². The minimum atomic E-state index is -1.07. The Morgan fingerprint density at radius 1 is 1.39 bits per heavy atom. The molecule has 0 spiro atoms. The first-order valence-electron chi connectivity index (χ1n) is 7.37. The van der Waals surface area contributed by atoms with Gasteiger partial charge in [-0.3, -0.25) is 4.90 Å². The van der Waals surface area contributed by atoms with Crippen LogP contribution >= 0.6 is 0 Å². The van der Waals surface area contributed by atoms with Gasteiger partial charge in [0, 0.05) is 6.54 Å². The molecule has 1 atom stereocenters. The molecular weight excluding hydrogens is 296 g/mol. The summed E-state index contributed by atoms with van der Waals surface area (Å²) in [4.78, 5) is 25.1. The van der Waals surface area contributed by atoms with Crippen molar-refractivity contribution in [1.29, 1.82) is 5.26 Å². The second-order valence-corrected chi connectivity index (χ2v) is 6.86. The average molecular weight is 316 g/mol. The monoisotopic (exact) mass is 316 g/mol. The lowest BCUT2D eigenvalue weighted by Crippen LogP contribution is -2.44. The van der Waals surface area contributed by atoms with Gasteiger partial charge >= 0.3 is 12.1 Å². The molecule has 6 heteroatoms. The summed E-state index contributed by atoms with van der Waals surface area (Å²) in [5, 5.41) is 18.7. The lowest BCUT2D eigenvalue weighted by Gasteiger charge is -2.37. The number of fused-ring (bicyclic) bond motifs is 1. The van der Waals surface area contributed by atoms with E-state index >= 15 is 0 Å². The number of rotatable bonds is 1. The van der Waals surface area contributed by atoms with Gasteiger partial charge in [-0.1, -0.05) is 0 Å². The van der Waals surface area contributed by atoms with E-state index in [4.69, 9.17) is 9.84 Å². The maximum Gasteiger partial charge on any atom is 0.414 e. The highest BCUT2D eigenvalue weighted by molar-refractivity contribution is 5.93. The van der Waals surface area contributed by atoms with Gasteiger partial charge in [-0.25, -0.2) is 9.59 Å². The maximum atomic E-state index is 12.4. The van der Waals surface area contributed by atoms with E-state index in [1.165, 1.54) is 17.0 Å². The van der Waals surface area contributed by atoms with Crippen molar-refractivity contribution in [2.75, 3.05) is 11.4 Å². The molecule has 0 aliphatic carbocycles. The maximum absolute atomic E-state index is 12.4. The van der Waals surface area contributed by atoms with Crippen molar-refractivity contribution in [1.82, 2.24) is 0 Å². The van der Waals surface area contributed by atoms with Gasteiger partial charge in [0.2, 0.25) is 0 Å². The zero-order valence-electron chi connectivity index (χ0n) is 13.7. The Balaban J connectivity index is 2.50. The molecule has 1 aliphatic rings. The van der Waals surface area contributed by atoms with Crippen LogP contribution in [0.3, 0.4) is 0 Å². The number of anilines is 1.